The van der Waals surface area contributed by atoms with E-state index in [0.29, 0.717) is 11.0 Å². The van der Waals surface area contributed by atoms with Gasteiger partial charge in [-0.15, -0.1) is 5.92 Å². The van der Waals surface area contributed by atoms with Gasteiger partial charge in [0.15, 0.2) is 12.3 Å². The third-order valence-corrected chi connectivity index (χ3v) is 4.60. The summed E-state index contributed by atoms with van der Waals surface area (Å²) < 4.78 is 42.7. The molecule has 3 rings (SSSR count). The number of phosphoric ester groups is 1. The van der Waals surface area contributed by atoms with Gasteiger partial charge in [-0.25, -0.2) is 18.9 Å². The fraction of sp³-hybridized carbons (Fsp3) is 0.429. The predicted octanol–water partition coefficient (Wildman–Crippen LogP) is 0.726. The molecule has 0 spiro atoms. The van der Waals surface area contributed by atoms with E-state index in [9.17, 15) is 14.6 Å². The van der Waals surface area contributed by atoms with Crippen molar-refractivity contribution in [2.24, 2.45) is 0 Å². The van der Waals surface area contributed by atoms with E-state index in [0.717, 1.165) is 0 Å². The van der Waals surface area contributed by atoms with Crippen LogP contribution < -0.4 is 5.73 Å². The van der Waals surface area contributed by atoms with E-state index in [2.05, 4.69) is 30.9 Å². The molecular formula is C14H16FN4O6P. The highest BCUT2D eigenvalue weighted by Gasteiger charge is 2.52. The zero-order valence-corrected chi connectivity index (χ0v) is 14.5. The summed E-state index contributed by atoms with van der Waals surface area (Å²) in [5, 5.41) is 10.2. The van der Waals surface area contributed by atoms with Crippen LogP contribution in [0, 0.1) is 11.8 Å². The summed E-state index contributed by atoms with van der Waals surface area (Å²) in [6.07, 6.45) is -0.236. The van der Waals surface area contributed by atoms with Crippen LogP contribution in [0.4, 0.5) is 10.2 Å². The van der Waals surface area contributed by atoms with Gasteiger partial charge in [-0.2, -0.15) is 0 Å². The van der Waals surface area contributed by atoms with Crippen molar-refractivity contribution in [1.29, 1.82) is 0 Å². The molecule has 140 valence electrons. The number of nitrogens with two attached hydrogens (primary N) is 1. The van der Waals surface area contributed by atoms with Gasteiger partial charge in [0, 0.05) is 6.20 Å². The molecule has 4 atom stereocenters. The molecule has 0 amide bonds. The molecular weight excluding hydrogens is 370 g/mol. The lowest BCUT2D eigenvalue weighted by molar-refractivity contribution is -0.266. The Balaban J connectivity index is 1.94. The normalized spacial score (nSPS) is 29.9. The molecule has 3 heterocycles. The quantitative estimate of drug-likeness (QED) is 0.512. The van der Waals surface area contributed by atoms with Crippen LogP contribution in [-0.2, 0) is 18.3 Å². The molecule has 2 aromatic heterocycles. The molecule has 0 aromatic carbocycles. The van der Waals surface area contributed by atoms with Gasteiger partial charge in [0.2, 0.25) is 0 Å². The minimum atomic E-state index is -4.44. The van der Waals surface area contributed by atoms with Crippen LogP contribution in [-0.4, -0.2) is 49.7 Å². The zero-order valence-electron chi connectivity index (χ0n) is 13.6. The predicted molar refractivity (Wildman–Crippen MR) is 87.1 cm³/mol. The number of alkyl halides is 1. The molecule has 0 saturated carbocycles. The summed E-state index contributed by atoms with van der Waals surface area (Å²) >= 11 is 0. The maximum atomic E-state index is 15.3. The fourth-order valence-corrected chi connectivity index (χ4v) is 3.36. The molecule has 1 aliphatic rings. The van der Waals surface area contributed by atoms with Crippen LogP contribution in [0.3, 0.4) is 0 Å². The summed E-state index contributed by atoms with van der Waals surface area (Å²) in [4.78, 5) is 17.3. The SMILES string of the molecule is CC#C[C@@H]1OP(=O)(O)OC[C@@]1(F)O[C@H](CO)n1ccc2c(N)ncnc21. The molecule has 4 N–H and O–H groups in total. The fourth-order valence-electron chi connectivity index (χ4n) is 2.48. The number of hydrogen-bond acceptors (Lipinski definition) is 8. The monoisotopic (exact) mass is 386 g/mol. The number of halogens is 1. The van der Waals surface area contributed by atoms with Gasteiger partial charge < -0.3 is 25.0 Å². The van der Waals surface area contributed by atoms with Gasteiger partial charge in [-0.05, 0) is 13.0 Å². The second-order valence-electron chi connectivity index (χ2n) is 5.38. The number of fused-ring (bicyclic) bond motifs is 1. The molecule has 2 aromatic rings. The van der Waals surface area contributed by atoms with E-state index in [1.807, 2.05) is 0 Å². The van der Waals surface area contributed by atoms with E-state index in [1.165, 1.54) is 24.0 Å². The number of hydrogen-bond donors (Lipinski definition) is 3. The van der Waals surface area contributed by atoms with E-state index in [-0.39, 0.29) is 5.82 Å². The summed E-state index contributed by atoms with van der Waals surface area (Å²) in [5.74, 6) is 2.24. The van der Waals surface area contributed by atoms with Crippen molar-refractivity contribution < 1.29 is 32.7 Å². The van der Waals surface area contributed by atoms with Crippen molar-refractivity contribution in [3.05, 3.63) is 18.6 Å². The first kappa shape index (κ1) is 18.7. The second-order valence-corrected chi connectivity index (χ2v) is 6.79. The third kappa shape index (κ3) is 3.43. The maximum Gasteiger partial charge on any atom is 0.473 e. The Labute approximate surface area is 147 Å². The maximum absolute atomic E-state index is 15.3. The van der Waals surface area contributed by atoms with Gasteiger partial charge in [-0.3, -0.25) is 9.05 Å². The first-order valence-corrected chi connectivity index (χ1v) is 8.92. The molecule has 12 heteroatoms. The van der Waals surface area contributed by atoms with Crippen molar-refractivity contribution in [2.45, 2.75) is 25.1 Å². The Morgan fingerprint density at radius 2 is 2.42 bits per heavy atom. The van der Waals surface area contributed by atoms with Gasteiger partial charge in [0.1, 0.15) is 24.4 Å². The summed E-state index contributed by atoms with van der Waals surface area (Å²) in [7, 11) is -4.44. The Hall–Kier alpha value is -2.06. The van der Waals surface area contributed by atoms with E-state index < -0.39 is 39.2 Å². The Bertz CT molecular complexity index is 927. The number of anilines is 1. The van der Waals surface area contributed by atoms with E-state index in [1.54, 1.807) is 6.07 Å². The Kier molecular flexibility index (Phi) is 4.98. The number of nitrogen functional groups attached to an aromatic ring is 1. The van der Waals surface area contributed by atoms with E-state index >= 15 is 4.39 Å². The summed E-state index contributed by atoms with van der Waals surface area (Å²) in [6.45, 7) is -0.139. The van der Waals surface area contributed by atoms with Crippen molar-refractivity contribution >= 4 is 24.7 Å². The number of rotatable bonds is 4. The number of phosphoric acid groups is 1. The first-order chi connectivity index (χ1) is 12.3. The smallest absolute Gasteiger partial charge is 0.392 e. The minimum absolute atomic E-state index is 0.209. The van der Waals surface area contributed by atoms with E-state index in [4.69, 9.17) is 10.5 Å². The van der Waals surface area contributed by atoms with Crippen LogP contribution >= 0.6 is 7.82 Å². The van der Waals surface area contributed by atoms with Crippen molar-refractivity contribution in [1.82, 2.24) is 14.5 Å². The molecule has 1 saturated heterocycles. The third-order valence-electron chi connectivity index (χ3n) is 3.67. The van der Waals surface area contributed by atoms with Gasteiger partial charge in [0.05, 0.1) is 12.0 Å². The standard InChI is InChI=1S/C14H16FN4O6P/c1-2-3-10-14(15,7-23-26(21,22)25-10)24-11(6-20)19-5-4-9-12(16)17-8-18-13(9)19/h4-5,8,10-11,20H,6-7H2,1H3,(H,21,22)(H2,16,17,18)/t10-,11+,14+/m0/s1. The number of aliphatic hydroxyl groups is 1. The molecule has 1 unspecified atom stereocenters. The van der Waals surface area contributed by atoms with Crippen LogP contribution in [0.5, 0.6) is 0 Å². The van der Waals surface area contributed by atoms with Crippen LogP contribution in [0.15, 0.2) is 18.6 Å². The van der Waals surface area contributed by atoms with Gasteiger partial charge in [0.25, 0.3) is 5.85 Å². The molecule has 0 radical (unpaired) electrons. The highest BCUT2D eigenvalue weighted by atomic mass is 31.2. The molecule has 1 fully saturated rings. The van der Waals surface area contributed by atoms with Crippen molar-refractivity contribution in [3.63, 3.8) is 0 Å². The summed E-state index contributed by atoms with van der Waals surface area (Å²) in [5.41, 5.74) is 6.06. The zero-order chi connectivity index (χ0) is 18.9. The number of aromatic nitrogens is 3. The lowest BCUT2D eigenvalue weighted by atomic mass is 10.2. The summed E-state index contributed by atoms with van der Waals surface area (Å²) in [6, 6.07) is 1.58. The number of aliphatic hydroxyl groups excluding tert-OH is 1. The Morgan fingerprint density at radius 1 is 1.65 bits per heavy atom. The largest absolute Gasteiger partial charge is 0.473 e. The number of ether oxygens (including phenoxy) is 1. The first-order valence-electron chi connectivity index (χ1n) is 7.42. The highest BCUT2D eigenvalue weighted by molar-refractivity contribution is 7.47. The highest BCUT2D eigenvalue weighted by Crippen LogP contribution is 2.52. The van der Waals surface area contributed by atoms with Crippen LogP contribution in [0.1, 0.15) is 13.2 Å². The average Bonchev–Trinajstić information content (AvgIpc) is 3.02. The van der Waals surface area contributed by atoms with Crippen LogP contribution in [0.25, 0.3) is 11.0 Å². The van der Waals surface area contributed by atoms with Gasteiger partial charge >= 0.3 is 7.82 Å². The molecule has 1 aliphatic heterocycles. The molecule has 0 aliphatic carbocycles. The lowest BCUT2D eigenvalue weighted by Gasteiger charge is -2.37. The average molecular weight is 386 g/mol. The molecule has 0 bridgehead atoms. The molecule has 26 heavy (non-hydrogen) atoms. The van der Waals surface area contributed by atoms with Crippen molar-refractivity contribution in [3.8, 4) is 11.8 Å². The van der Waals surface area contributed by atoms with Gasteiger partial charge in [-0.1, -0.05) is 5.92 Å². The number of nitrogens with zero attached hydrogens (tertiary/aromatic N) is 3. The minimum Gasteiger partial charge on any atom is -0.392 e. The topological polar surface area (TPSA) is 142 Å². The Morgan fingerprint density at radius 3 is 3.12 bits per heavy atom. The second kappa shape index (κ2) is 6.92. The van der Waals surface area contributed by atoms with Crippen molar-refractivity contribution in [2.75, 3.05) is 18.9 Å². The molecule has 10 nitrogen and oxygen atoms in total. The lowest BCUT2D eigenvalue weighted by Crippen LogP contribution is -2.49. The van der Waals surface area contributed by atoms with Crippen LogP contribution in [0.2, 0.25) is 0 Å².